The number of carbonyl (C=O) groups excluding carboxylic acids is 2. The zero-order valence-corrected chi connectivity index (χ0v) is 13.4. The molecular weight excluding hydrogens is 292 g/mol. The van der Waals surface area contributed by atoms with Gasteiger partial charge in [0.2, 0.25) is 11.8 Å². The number of rotatable bonds is 3. The molecule has 1 aromatic rings. The summed E-state index contributed by atoms with van der Waals surface area (Å²) in [6, 6.07) is 7.65. The number of hydrogen-bond acceptors (Lipinski definition) is 3. The molecule has 1 fully saturated rings. The number of anilines is 1. The maximum atomic E-state index is 12.4. The summed E-state index contributed by atoms with van der Waals surface area (Å²) in [4.78, 5) is 26.3. The molecule has 2 amide bonds. The molecule has 0 spiro atoms. The molecule has 1 aliphatic heterocycles. The predicted molar refractivity (Wildman–Crippen MR) is 88.5 cm³/mol. The van der Waals surface area contributed by atoms with Gasteiger partial charge in [0.15, 0.2) is 0 Å². The summed E-state index contributed by atoms with van der Waals surface area (Å²) in [6.07, 6.45) is 7.22. The van der Waals surface area contributed by atoms with Crippen molar-refractivity contribution in [1.82, 2.24) is 5.32 Å². The number of carbonyl (C=O) groups is 2. The lowest BCUT2D eigenvalue weighted by molar-refractivity contribution is -0.124. The predicted octanol–water partition coefficient (Wildman–Crippen LogP) is 2.64. The molecule has 1 saturated carbocycles. The van der Waals surface area contributed by atoms with Gasteiger partial charge in [0.05, 0.1) is 18.7 Å². The van der Waals surface area contributed by atoms with Gasteiger partial charge in [-0.15, -0.1) is 0 Å². The zero-order chi connectivity index (χ0) is 16.1. The Morgan fingerprint density at radius 3 is 2.70 bits per heavy atom. The largest absolute Gasteiger partial charge is 0.491 e. The summed E-state index contributed by atoms with van der Waals surface area (Å²) in [5, 5.41) is 3.10. The molecule has 1 heterocycles. The molecule has 124 valence electrons. The summed E-state index contributed by atoms with van der Waals surface area (Å²) >= 11 is 0. The number of fused-ring (bicyclic) bond motifs is 1. The molecule has 3 rings (SSSR count). The molecule has 0 radical (unpaired) electrons. The molecule has 1 aliphatic carbocycles. The molecular formula is C18H24N2O3. The van der Waals surface area contributed by atoms with Crippen LogP contribution in [0.1, 0.15) is 44.9 Å². The second-order valence-corrected chi connectivity index (χ2v) is 6.30. The third-order valence-electron chi connectivity index (χ3n) is 4.55. The minimum absolute atomic E-state index is 0.0639. The third-order valence-corrected chi connectivity index (χ3v) is 4.55. The van der Waals surface area contributed by atoms with E-state index >= 15 is 0 Å². The van der Waals surface area contributed by atoms with Gasteiger partial charge >= 0.3 is 0 Å². The van der Waals surface area contributed by atoms with Gasteiger partial charge in [-0.25, -0.2) is 0 Å². The number of nitrogens with zero attached hydrogens (tertiary/aromatic N) is 1. The molecule has 5 heteroatoms. The molecule has 2 aliphatic rings. The average Bonchev–Trinajstić information content (AvgIpc) is 2.88. The van der Waals surface area contributed by atoms with Crippen LogP contribution < -0.4 is 15.0 Å². The van der Waals surface area contributed by atoms with Gasteiger partial charge in [-0.05, 0) is 25.0 Å². The van der Waals surface area contributed by atoms with Crippen LogP contribution in [0.2, 0.25) is 0 Å². The Labute approximate surface area is 137 Å². The fraction of sp³-hybridized carbons (Fsp3) is 0.556. The fourth-order valence-electron chi connectivity index (χ4n) is 3.33. The number of amides is 2. The van der Waals surface area contributed by atoms with Gasteiger partial charge in [-0.2, -0.15) is 0 Å². The van der Waals surface area contributed by atoms with Crippen molar-refractivity contribution in [1.29, 1.82) is 0 Å². The van der Waals surface area contributed by atoms with Crippen molar-refractivity contribution in [2.45, 2.75) is 51.0 Å². The maximum absolute atomic E-state index is 12.4. The first kappa shape index (κ1) is 15.8. The third kappa shape index (κ3) is 4.03. The molecule has 1 N–H and O–H groups in total. The van der Waals surface area contributed by atoms with Crippen molar-refractivity contribution in [3.05, 3.63) is 24.3 Å². The van der Waals surface area contributed by atoms with Crippen LogP contribution in [0.4, 0.5) is 5.69 Å². The fourth-order valence-corrected chi connectivity index (χ4v) is 3.33. The molecule has 1 aromatic carbocycles. The van der Waals surface area contributed by atoms with Crippen LogP contribution in [0.3, 0.4) is 0 Å². The Kier molecular flexibility index (Phi) is 5.16. The van der Waals surface area contributed by atoms with E-state index in [0.29, 0.717) is 24.5 Å². The molecule has 5 nitrogen and oxygen atoms in total. The molecule has 23 heavy (non-hydrogen) atoms. The molecule has 0 saturated heterocycles. The van der Waals surface area contributed by atoms with Crippen LogP contribution in [0.25, 0.3) is 0 Å². The lowest BCUT2D eigenvalue weighted by atomic mass is 10.1. The summed E-state index contributed by atoms with van der Waals surface area (Å²) in [6.45, 7) is 0.423. The molecule has 0 aromatic heterocycles. The van der Waals surface area contributed by atoms with E-state index in [4.69, 9.17) is 4.74 Å². The first-order chi connectivity index (χ1) is 11.2. The van der Waals surface area contributed by atoms with E-state index in [-0.39, 0.29) is 24.4 Å². The molecule has 0 bridgehead atoms. The van der Waals surface area contributed by atoms with E-state index in [2.05, 4.69) is 5.32 Å². The summed E-state index contributed by atoms with van der Waals surface area (Å²) in [7, 11) is 0. The highest BCUT2D eigenvalue weighted by Gasteiger charge is 2.25. The monoisotopic (exact) mass is 316 g/mol. The maximum Gasteiger partial charge on any atom is 0.240 e. The summed E-state index contributed by atoms with van der Waals surface area (Å²) < 4.78 is 5.60. The lowest BCUT2D eigenvalue weighted by Crippen LogP contribution is -2.44. The number of para-hydroxylation sites is 2. The number of hydrogen-bond donors (Lipinski definition) is 1. The summed E-state index contributed by atoms with van der Waals surface area (Å²) in [5.74, 6) is 0.522. The van der Waals surface area contributed by atoms with Crippen LogP contribution in [-0.4, -0.2) is 31.0 Å². The smallest absolute Gasteiger partial charge is 0.240 e. The van der Waals surface area contributed by atoms with E-state index in [1.165, 1.54) is 25.7 Å². The Bertz CT molecular complexity index is 565. The van der Waals surface area contributed by atoms with Crippen molar-refractivity contribution in [3.8, 4) is 5.75 Å². The number of nitrogens with one attached hydrogen (secondary N) is 1. The normalized spacial score (nSPS) is 19.3. The van der Waals surface area contributed by atoms with E-state index < -0.39 is 0 Å². The van der Waals surface area contributed by atoms with Crippen molar-refractivity contribution >= 4 is 17.5 Å². The molecule has 0 atom stereocenters. The van der Waals surface area contributed by atoms with Crippen LogP contribution in [-0.2, 0) is 9.59 Å². The van der Waals surface area contributed by atoms with Gasteiger partial charge in [-0.1, -0.05) is 37.8 Å². The highest BCUT2D eigenvalue weighted by molar-refractivity contribution is 6.00. The second kappa shape index (κ2) is 7.49. The lowest BCUT2D eigenvalue weighted by Gasteiger charge is -2.23. The Hall–Kier alpha value is -2.04. The standard InChI is InChI=1S/C18H24N2O3/c21-17(19-14-7-3-1-2-4-8-14)13-20-15-9-5-6-10-16(15)23-12-11-18(20)22/h5-6,9-10,14H,1-4,7-8,11-13H2,(H,19,21). The minimum atomic E-state index is -0.0815. The van der Waals surface area contributed by atoms with E-state index in [1.54, 1.807) is 4.90 Å². The van der Waals surface area contributed by atoms with E-state index in [0.717, 1.165) is 12.8 Å². The van der Waals surface area contributed by atoms with Gasteiger partial charge in [-0.3, -0.25) is 14.5 Å². The van der Waals surface area contributed by atoms with Crippen LogP contribution >= 0.6 is 0 Å². The van der Waals surface area contributed by atoms with Gasteiger partial charge in [0, 0.05) is 6.04 Å². The highest BCUT2D eigenvalue weighted by atomic mass is 16.5. The number of benzene rings is 1. The van der Waals surface area contributed by atoms with Gasteiger partial charge < -0.3 is 10.1 Å². The van der Waals surface area contributed by atoms with Crippen LogP contribution in [0.5, 0.6) is 5.75 Å². The van der Waals surface area contributed by atoms with Crippen LogP contribution in [0.15, 0.2) is 24.3 Å². The highest BCUT2D eigenvalue weighted by Crippen LogP contribution is 2.30. The van der Waals surface area contributed by atoms with Crippen molar-refractivity contribution < 1.29 is 14.3 Å². The summed E-state index contributed by atoms with van der Waals surface area (Å²) in [5.41, 5.74) is 0.686. The van der Waals surface area contributed by atoms with Crippen molar-refractivity contribution in [2.75, 3.05) is 18.1 Å². The van der Waals surface area contributed by atoms with E-state index in [9.17, 15) is 9.59 Å². The average molecular weight is 316 g/mol. The van der Waals surface area contributed by atoms with Crippen molar-refractivity contribution in [3.63, 3.8) is 0 Å². The van der Waals surface area contributed by atoms with Crippen LogP contribution in [0, 0.1) is 0 Å². The zero-order valence-electron chi connectivity index (χ0n) is 13.4. The molecule has 0 unspecified atom stereocenters. The second-order valence-electron chi connectivity index (χ2n) is 6.30. The minimum Gasteiger partial charge on any atom is -0.491 e. The van der Waals surface area contributed by atoms with E-state index in [1.807, 2.05) is 24.3 Å². The Morgan fingerprint density at radius 2 is 1.91 bits per heavy atom. The number of ether oxygens (including phenoxy) is 1. The SMILES string of the molecule is O=C(CN1C(=O)CCOc2ccccc21)NC1CCCCCC1. The first-order valence-corrected chi connectivity index (χ1v) is 8.55. The Morgan fingerprint density at radius 1 is 1.17 bits per heavy atom. The van der Waals surface area contributed by atoms with Crippen molar-refractivity contribution in [2.24, 2.45) is 0 Å². The Balaban J connectivity index is 1.67. The van der Waals surface area contributed by atoms with Gasteiger partial charge in [0.1, 0.15) is 12.3 Å². The topological polar surface area (TPSA) is 58.6 Å². The quantitative estimate of drug-likeness (QED) is 0.872. The first-order valence-electron chi connectivity index (χ1n) is 8.55. The van der Waals surface area contributed by atoms with Gasteiger partial charge in [0.25, 0.3) is 0 Å².